The van der Waals surface area contributed by atoms with Crippen LogP contribution in [0.25, 0.3) is 11.3 Å². The number of carboxylic acids is 1. The number of rotatable bonds is 3. The van der Waals surface area contributed by atoms with Gasteiger partial charge in [-0.15, -0.1) is 11.3 Å². The van der Waals surface area contributed by atoms with Gasteiger partial charge >= 0.3 is 5.97 Å². The van der Waals surface area contributed by atoms with Gasteiger partial charge in [0.15, 0.2) is 0 Å². The molecule has 0 saturated heterocycles. The Labute approximate surface area is 104 Å². The molecule has 17 heavy (non-hydrogen) atoms. The van der Waals surface area contributed by atoms with Crippen LogP contribution in [0.4, 0.5) is 0 Å². The number of carboxylic acid groups (broad SMARTS) is 1. The quantitative estimate of drug-likeness (QED) is 0.906. The number of carbonyl (C=O) groups is 1. The van der Waals surface area contributed by atoms with E-state index < -0.39 is 5.97 Å². The van der Waals surface area contributed by atoms with Crippen LogP contribution in [0.15, 0.2) is 23.7 Å². The molecule has 4 heteroatoms. The minimum Gasteiger partial charge on any atom is -0.481 e. The number of hydrogen-bond acceptors (Lipinski definition) is 3. The van der Waals surface area contributed by atoms with E-state index in [0.29, 0.717) is 0 Å². The van der Waals surface area contributed by atoms with E-state index in [0.717, 1.165) is 21.7 Å². The molecular formula is C13H13NO2S. The minimum atomic E-state index is -0.819. The van der Waals surface area contributed by atoms with Crippen molar-refractivity contribution in [3.63, 3.8) is 0 Å². The maximum Gasteiger partial charge on any atom is 0.308 e. The number of benzene rings is 1. The number of aryl methyl sites for hydroxylation is 2. The molecule has 1 aromatic carbocycles. The summed E-state index contributed by atoms with van der Waals surface area (Å²) >= 11 is 1.39. The molecule has 0 amide bonds. The standard InChI is InChI=1S/C13H13NO2S/c1-8-3-4-10(9(2)5-8)13-11(6-12(15)16)17-7-14-13/h3-5,7H,6H2,1-2H3,(H,15,16). The number of hydrogen-bond donors (Lipinski definition) is 1. The summed E-state index contributed by atoms with van der Waals surface area (Å²) in [6.45, 7) is 4.06. The third-order valence-electron chi connectivity index (χ3n) is 2.59. The summed E-state index contributed by atoms with van der Waals surface area (Å²) in [4.78, 5) is 15.9. The smallest absolute Gasteiger partial charge is 0.308 e. The third-order valence-corrected chi connectivity index (χ3v) is 3.42. The molecule has 1 N–H and O–H groups in total. The summed E-state index contributed by atoms with van der Waals surface area (Å²) in [6.07, 6.45) is 0.0350. The highest BCUT2D eigenvalue weighted by Crippen LogP contribution is 2.29. The number of nitrogens with zero attached hydrogens (tertiary/aromatic N) is 1. The Morgan fingerprint density at radius 1 is 1.41 bits per heavy atom. The molecule has 0 bridgehead atoms. The van der Waals surface area contributed by atoms with Crippen molar-refractivity contribution < 1.29 is 9.90 Å². The molecule has 0 aliphatic rings. The summed E-state index contributed by atoms with van der Waals surface area (Å²) in [5.41, 5.74) is 5.85. The predicted octanol–water partition coefficient (Wildman–Crippen LogP) is 3.05. The van der Waals surface area contributed by atoms with Gasteiger partial charge < -0.3 is 5.11 Å². The van der Waals surface area contributed by atoms with E-state index in [4.69, 9.17) is 5.11 Å². The van der Waals surface area contributed by atoms with Crippen molar-refractivity contribution in [2.45, 2.75) is 20.3 Å². The summed E-state index contributed by atoms with van der Waals surface area (Å²) in [6, 6.07) is 6.11. The van der Waals surface area contributed by atoms with Crippen LogP contribution in [0.5, 0.6) is 0 Å². The topological polar surface area (TPSA) is 50.2 Å². The molecule has 0 fully saturated rings. The van der Waals surface area contributed by atoms with Gasteiger partial charge in [-0.05, 0) is 19.4 Å². The number of aliphatic carboxylic acids is 1. The van der Waals surface area contributed by atoms with Crippen LogP contribution in [-0.4, -0.2) is 16.1 Å². The Balaban J connectivity index is 2.46. The molecule has 1 heterocycles. The van der Waals surface area contributed by atoms with Gasteiger partial charge in [0.2, 0.25) is 0 Å². The Morgan fingerprint density at radius 2 is 2.18 bits per heavy atom. The van der Waals surface area contributed by atoms with Crippen LogP contribution >= 0.6 is 11.3 Å². The second-order valence-electron chi connectivity index (χ2n) is 4.01. The maximum absolute atomic E-state index is 10.8. The van der Waals surface area contributed by atoms with Crippen molar-refractivity contribution in [2.75, 3.05) is 0 Å². The fraction of sp³-hybridized carbons (Fsp3) is 0.231. The zero-order valence-electron chi connectivity index (χ0n) is 9.73. The van der Waals surface area contributed by atoms with Gasteiger partial charge in [-0.2, -0.15) is 0 Å². The normalized spacial score (nSPS) is 10.5. The summed E-state index contributed by atoms with van der Waals surface area (Å²) in [5.74, 6) is -0.819. The molecule has 0 spiro atoms. The lowest BCUT2D eigenvalue weighted by Gasteiger charge is -2.06. The van der Waals surface area contributed by atoms with Gasteiger partial charge in [0.1, 0.15) is 0 Å². The predicted molar refractivity (Wildman–Crippen MR) is 68.4 cm³/mol. The van der Waals surface area contributed by atoms with E-state index in [1.807, 2.05) is 26.0 Å². The number of aromatic nitrogens is 1. The van der Waals surface area contributed by atoms with E-state index in [2.05, 4.69) is 11.1 Å². The van der Waals surface area contributed by atoms with Crippen molar-refractivity contribution in [1.82, 2.24) is 4.98 Å². The average Bonchev–Trinajstić information content (AvgIpc) is 2.65. The Hall–Kier alpha value is -1.68. The van der Waals surface area contributed by atoms with E-state index in [1.54, 1.807) is 5.51 Å². The van der Waals surface area contributed by atoms with Crippen LogP contribution in [0.1, 0.15) is 16.0 Å². The summed E-state index contributed by atoms with van der Waals surface area (Å²) in [7, 11) is 0. The van der Waals surface area contributed by atoms with Crippen molar-refractivity contribution in [3.8, 4) is 11.3 Å². The SMILES string of the molecule is Cc1ccc(-c2ncsc2CC(=O)O)c(C)c1. The zero-order valence-corrected chi connectivity index (χ0v) is 10.5. The van der Waals surface area contributed by atoms with Crippen molar-refractivity contribution >= 4 is 17.3 Å². The van der Waals surface area contributed by atoms with Crippen molar-refractivity contribution in [1.29, 1.82) is 0 Å². The molecule has 3 nitrogen and oxygen atoms in total. The highest BCUT2D eigenvalue weighted by molar-refractivity contribution is 7.10. The molecule has 1 aromatic heterocycles. The summed E-state index contributed by atoms with van der Waals surface area (Å²) in [5, 5.41) is 8.85. The minimum absolute atomic E-state index is 0.0350. The number of thiazole rings is 1. The first-order valence-corrected chi connectivity index (χ1v) is 6.17. The largest absolute Gasteiger partial charge is 0.481 e. The first kappa shape index (κ1) is 11.8. The molecule has 0 unspecified atom stereocenters. The van der Waals surface area contributed by atoms with Crippen LogP contribution in [0.3, 0.4) is 0 Å². The van der Waals surface area contributed by atoms with Gasteiger partial charge in [-0.3, -0.25) is 4.79 Å². The van der Waals surface area contributed by atoms with E-state index in [-0.39, 0.29) is 6.42 Å². The second kappa shape index (κ2) is 4.67. The van der Waals surface area contributed by atoms with Gasteiger partial charge in [-0.1, -0.05) is 23.8 Å². The molecule has 88 valence electrons. The lowest BCUT2D eigenvalue weighted by atomic mass is 10.0. The molecule has 2 rings (SSSR count). The first-order chi connectivity index (χ1) is 8.08. The Morgan fingerprint density at radius 3 is 2.82 bits per heavy atom. The highest BCUT2D eigenvalue weighted by Gasteiger charge is 2.13. The van der Waals surface area contributed by atoms with Crippen LogP contribution in [0.2, 0.25) is 0 Å². The monoisotopic (exact) mass is 247 g/mol. The van der Waals surface area contributed by atoms with Gasteiger partial charge in [-0.25, -0.2) is 4.98 Å². The van der Waals surface area contributed by atoms with Crippen LogP contribution in [0, 0.1) is 13.8 Å². The zero-order chi connectivity index (χ0) is 12.4. The Kier molecular flexibility index (Phi) is 3.24. The molecule has 0 aliphatic heterocycles. The van der Waals surface area contributed by atoms with Crippen LogP contribution < -0.4 is 0 Å². The van der Waals surface area contributed by atoms with Crippen molar-refractivity contribution in [2.24, 2.45) is 0 Å². The molecule has 0 atom stereocenters. The van der Waals surface area contributed by atoms with Gasteiger partial charge in [0.05, 0.1) is 17.6 Å². The fourth-order valence-corrected chi connectivity index (χ4v) is 2.60. The first-order valence-electron chi connectivity index (χ1n) is 5.29. The van der Waals surface area contributed by atoms with E-state index >= 15 is 0 Å². The van der Waals surface area contributed by atoms with Gasteiger partial charge in [0.25, 0.3) is 0 Å². The second-order valence-corrected chi connectivity index (χ2v) is 4.95. The molecule has 0 aliphatic carbocycles. The van der Waals surface area contributed by atoms with E-state index in [9.17, 15) is 4.79 Å². The van der Waals surface area contributed by atoms with E-state index in [1.165, 1.54) is 16.9 Å². The molecule has 2 aromatic rings. The maximum atomic E-state index is 10.8. The van der Waals surface area contributed by atoms with Crippen LogP contribution in [-0.2, 0) is 11.2 Å². The van der Waals surface area contributed by atoms with Crippen molar-refractivity contribution in [3.05, 3.63) is 39.7 Å². The fourth-order valence-electron chi connectivity index (χ4n) is 1.83. The van der Waals surface area contributed by atoms with Gasteiger partial charge in [0, 0.05) is 10.4 Å². The lowest BCUT2D eigenvalue weighted by molar-refractivity contribution is -0.136. The Bertz CT molecular complexity index is 560. The molecular weight excluding hydrogens is 234 g/mol. The molecule has 0 radical (unpaired) electrons. The highest BCUT2D eigenvalue weighted by atomic mass is 32.1. The lowest BCUT2D eigenvalue weighted by Crippen LogP contribution is -2.00. The molecule has 0 saturated carbocycles. The third kappa shape index (κ3) is 2.53. The average molecular weight is 247 g/mol. The summed E-state index contributed by atoms with van der Waals surface area (Å²) < 4.78 is 0.